The summed E-state index contributed by atoms with van der Waals surface area (Å²) in [5.41, 5.74) is 0. The van der Waals surface area contributed by atoms with Crippen LogP contribution in [0.1, 0.15) is 53.9 Å². The van der Waals surface area contributed by atoms with E-state index in [2.05, 4.69) is 21.6 Å². The van der Waals surface area contributed by atoms with E-state index in [0.29, 0.717) is 0 Å². The summed E-state index contributed by atoms with van der Waals surface area (Å²) in [5.74, 6) is 0.942. The quantitative estimate of drug-likeness (QED) is 0.659. The van der Waals surface area contributed by atoms with E-state index >= 15 is 0 Å². The van der Waals surface area contributed by atoms with Gasteiger partial charge in [-0.2, -0.15) is 0 Å². The molecule has 0 aliphatic carbocycles. The summed E-state index contributed by atoms with van der Waals surface area (Å²) in [6.45, 7) is 22.6. The average Bonchev–Trinajstić information content (AvgIpc) is 2.67. The molecule has 4 nitrogen and oxygen atoms in total. The highest BCUT2D eigenvalue weighted by molar-refractivity contribution is 4.78. The normalized spacial score (nSPS) is 20.8. The molecule has 0 amide bonds. The molecule has 2 aliphatic heterocycles. The highest BCUT2D eigenvalue weighted by atomic mass is 16.5. The van der Waals surface area contributed by atoms with Gasteiger partial charge in [-0.15, -0.1) is 0 Å². The van der Waals surface area contributed by atoms with E-state index in [4.69, 9.17) is 4.74 Å². The van der Waals surface area contributed by atoms with Crippen LogP contribution in [0.15, 0.2) is 0 Å². The molecule has 0 N–H and O–H groups in total. The van der Waals surface area contributed by atoms with Crippen LogP contribution in [0.2, 0.25) is 0 Å². The second kappa shape index (κ2) is 16.3. The number of nitrogens with zero attached hydrogens (tertiary/aromatic N) is 3. The van der Waals surface area contributed by atoms with Gasteiger partial charge in [0.15, 0.2) is 0 Å². The maximum Gasteiger partial charge on any atom is 0.0474 e. The number of hydrogen-bond donors (Lipinski definition) is 0. The Bertz CT molecular complexity index is 247. The maximum atomic E-state index is 5.13. The molecule has 4 heteroatoms. The maximum absolute atomic E-state index is 5.13. The predicted molar refractivity (Wildman–Crippen MR) is 107 cm³/mol. The summed E-state index contributed by atoms with van der Waals surface area (Å²) in [5, 5.41) is 0. The number of likely N-dealkylation sites (tertiary alicyclic amines) is 1. The zero-order chi connectivity index (χ0) is 18.2. The lowest BCUT2D eigenvalue weighted by atomic mass is 9.96. The van der Waals surface area contributed by atoms with E-state index in [1.165, 1.54) is 78.2 Å². The zero-order valence-electron chi connectivity index (χ0n) is 17.5. The fourth-order valence-corrected chi connectivity index (χ4v) is 3.48. The summed E-state index contributed by atoms with van der Waals surface area (Å²) >= 11 is 0. The minimum Gasteiger partial charge on any atom is -0.385 e. The summed E-state index contributed by atoms with van der Waals surface area (Å²) in [6.07, 6.45) is 3.98. The van der Waals surface area contributed by atoms with Crippen LogP contribution in [0.25, 0.3) is 0 Å². The van der Waals surface area contributed by atoms with Crippen LogP contribution < -0.4 is 0 Å². The van der Waals surface area contributed by atoms with Gasteiger partial charge in [0, 0.05) is 53.0 Å². The van der Waals surface area contributed by atoms with Gasteiger partial charge < -0.3 is 19.4 Å². The molecule has 2 aliphatic rings. The zero-order valence-corrected chi connectivity index (χ0v) is 17.5. The molecule has 0 atom stereocenters. The molecule has 2 saturated heterocycles. The Morgan fingerprint density at radius 3 is 1.83 bits per heavy atom. The van der Waals surface area contributed by atoms with Crippen LogP contribution in [-0.4, -0.2) is 87.3 Å². The van der Waals surface area contributed by atoms with Gasteiger partial charge in [0.05, 0.1) is 0 Å². The Morgan fingerprint density at radius 2 is 1.33 bits per heavy atom. The van der Waals surface area contributed by atoms with Gasteiger partial charge in [-0.3, -0.25) is 0 Å². The molecule has 0 aromatic rings. The molecule has 0 saturated carbocycles. The molecule has 0 radical (unpaired) electrons. The standard InChI is InChI=1S/C16H33N3O.2C2H6/c1-3-17-8-5-16(6-9-17)15-19-12-10-18(11-13-19)7-4-14-20-2;2*1-2/h16H,3-15H2,1-2H3;2*1-2H3. The van der Waals surface area contributed by atoms with Crippen molar-refractivity contribution in [3.05, 3.63) is 0 Å². The van der Waals surface area contributed by atoms with Crippen LogP contribution in [-0.2, 0) is 4.74 Å². The number of hydrogen-bond acceptors (Lipinski definition) is 4. The van der Waals surface area contributed by atoms with Crippen molar-refractivity contribution in [1.29, 1.82) is 0 Å². The molecule has 0 spiro atoms. The van der Waals surface area contributed by atoms with Crippen molar-refractivity contribution < 1.29 is 4.74 Å². The number of rotatable bonds is 7. The third-order valence-electron chi connectivity index (χ3n) is 4.96. The molecule has 0 aromatic carbocycles. The van der Waals surface area contributed by atoms with E-state index in [9.17, 15) is 0 Å². The van der Waals surface area contributed by atoms with Crippen molar-refractivity contribution in [1.82, 2.24) is 14.7 Å². The lowest BCUT2D eigenvalue weighted by molar-refractivity contribution is 0.0898. The van der Waals surface area contributed by atoms with E-state index in [0.717, 1.165) is 12.5 Å². The fourth-order valence-electron chi connectivity index (χ4n) is 3.48. The first-order valence-electron chi connectivity index (χ1n) is 10.5. The number of piperidine rings is 1. The largest absolute Gasteiger partial charge is 0.385 e. The minimum atomic E-state index is 0.899. The van der Waals surface area contributed by atoms with E-state index in [1.807, 2.05) is 27.7 Å². The summed E-state index contributed by atoms with van der Waals surface area (Å²) in [4.78, 5) is 7.87. The topological polar surface area (TPSA) is 19.0 Å². The fraction of sp³-hybridized carbons (Fsp3) is 1.00. The van der Waals surface area contributed by atoms with E-state index in [-0.39, 0.29) is 0 Å². The minimum absolute atomic E-state index is 0.899. The van der Waals surface area contributed by atoms with Gasteiger partial charge in [-0.05, 0) is 44.8 Å². The van der Waals surface area contributed by atoms with E-state index in [1.54, 1.807) is 7.11 Å². The van der Waals surface area contributed by atoms with Gasteiger partial charge >= 0.3 is 0 Å². The van der Waals surface area contributed by atoms with Gasteiger partial charge in [0.2, 0.25) is 0 Å². The summed E-state index contributed by atoms with van der Waals surface area (Å²) in [7, 11) is 1.79. The van der Waals surface area contributed by atoms with Crippen LogP contribution in [0, 0.1) is 5.92 Å². The molecule has 2 fully saturated rings. The Morgan fingerprint density at radius 1 is 0.792 bits per heavy atom. The van der Waals surface area contributed by atoms with Crippen molar-refractivity contribution in [3.8, 4) is 0 Å². The van der Waals surface area contributed by atoms with Crippen LogP contribution in [0.4, 0.5) is 0 Å². The second-order valence-electron chi connectivity index (χ2n) is 6.37. The van der Waals surface area contributed by atoms with Gasteiger partial charge in [-0.25, -0.2) is 0 Å². The highest BCUT2D eigenvalue weighted by Crippen LogP contribution is 2.18. The van der Waals surface area contributed by atoms with Gasteiger partial charge in [-0.1, -0.05) is 34.6 Å². The van der Waals surface area contributed by atoms with Crippen molar-refractivity contribution in [2.75, 3.05) is 72.6 Å². The predicted octanol–water partition coefficient (Wildman–Crippen LogP) is 3.42. The molecule has 0 bridgehead atoms. The van der Waals surface area contributed by atoms with Crippen LogP contribution >= 0.6 is 0 Å². The first kappa shape index (κ1) is 23.8. The highest BCUT2D eigenvalue weighted by Gasteiger charge is 2.23. The van der Waals surface area contributed by atoms with Crippen molar-refractivity contribution in [2.45, 2.75) is 53.9 Å². The van der Waals surface area contributed by atoms with Gasteiger partial charge in [0.1, 0.15) is 0 Å². The third kappa shape index (κ3) is 9.97. The monoisotopic (exact) mass is 343 g/mol. The first-order valence-corrected chi connectivity index (χ1v) is 10.5. The number of piperazine rings is 1. The van der Waals surface area contributed by atoms with Crippen LogP contribution in [0.3, 0.4) is 0 Å². The van der Waals surface area contributed by atoms with E-state index < -0.39 is 0 Å². The SMILES string of the molecule is CC.CC.CCN1CCC(CN2CCN(CCCOC)CC2)CC1. The van der Waals surface area contributed by atoms with Crippen molar-refractivity contribution in [2.24, 2.45) is 5.92 Å². The molecule has 2 rings (SSSR count). The van der Waals surface area contributed by atoms with Gasteiger partial charge in [0.25, 0.3) is 0 Å². The lowest BCUT2D eigenvalue weighted by Gasteiger charge is -2.38. The summed E-state index contributed by atoms with van der Waals surface area (Å²) < 4.78 is 5.13. The average molecular weight is 344 g/mol. The molecule has 24 heavy (non-hydrogen) atoms. The molecule has 0 unspecified atom stereocenters. The molecular formula is C20H45N3O. The van der Waals surface area contributed by atoms with Crippen molar-refractivity contribution >= 4 is 0 Å². The molecule has 2 heterocycles. The summed E-state index contributed by atoms with van der Waals surface area (Å²) in [6, 6.07) is 0. The van der Waals surface area contributed by atoms with Crippen LogP contribution in [0.5, 0.6) is 0 Å². The Kier molecular flexibility index (Phi) is 16.2. The molecular weight excluding hydrogens is 298 g/mol. The third-order valence-corrected chi connectivity index (χ3v) is 4.96. The molecule has 0 aromatic heterocycles. The smallest absolute Gasteiger partial charge is 0.0474 e. The Hall–Kier alpha value is -0.160. The second-order valence-corrected chi connectivity index (χ2v) is 6.37. The number of methoxy groups -OCH3 is 1. The molecule has 146 valence electrons. The number of ether oxygens (including phenoxy) is 1. The Balaban J connectivity index is 0.00000123. The lowest BCUT2D eigenvalue weighted by Crippen LogP contribution is -2.49. The van der Waals surface area contributed by atoms with Crippen molar-refractivity contribution in [3.63, 3.8) is 0 Å². The Labute approximate surface area is 152 Å². The first-order chi connectivity index (χ1) is 11.8.